The quantitative estimate of drug-likeness (QED) is 0.257. The van der Waals surface area contributed by atoms with Crippen molar-refractivity contribution in [2.75, 3.05) is 6.54 Å². The van der Waals surface area contributed by atoms with Crippen molar-refractivity contribution in [1.29, 1.82) is 0 Å². The molecule has 0 aromatic heterocycles. The number of nitrogens with zero attached hydrogens (tertiary/aromatic N) is 1. The Balaban J connectivity index is 2.34. The molecule has 1 amide bonds. The highest BCUT2D eigenvalue weighted by Crippen LogP contribution is 2.25. The molecule has 0 heterocycles. The van der Waals surface area contributed by atoms with Crippen LogP contribution in [0.1, 0.15) is 37.8 Å². The first-order valence-corrected chi connectivity index (χ1v) is 10.1. The Kier molecular flexibility index (Phi) is 9.39. The summed E-state index contributed by atoms with van der Waals surface area (Å²) in [5.74, 6) is -1.14. The minimum atomic E-state index is -0.649. The topological polar surface area (TPSA) is 52.6 Å². The number of nitrogens with one attached hydrogen (secondary N) is 1. The summed E-state index contributed by atoms with van der Waals surface area (Å²) in [6.45, 7) is 7.80. The normalized spacial score (nSPS) is 12.2. The van der Waals surface area contributed by atoms with Crippen molar-refractivity contribution in [2.45, 2.75) is 33.2 Å². The molecule has 30 heavy (non-hydrogen) atoms. The van der Waals surface area contributed by atoms with Gasteiger partial charge < -0.3 is 4.90 Å². The second-order valence-corrected chi connectivity index (χ2v) is 6.89. The minimum absolute atomic E-state index is 0.491. The summed E-state index contributed by atoms with van der Waals surface area (Å²) in [7, 11) is 0. The third-order valence-electron chi connectivity index (χ3n) is 4.83. The minimum Gasteiger partial charge on any atom is -0.371 e. The molecule has 2 aromatic rings. The van der Waals surface area contributed by atoms with Gasteiger partial charge in [-0.2, -0.15) is 0 Å². The van der Waals surface area contributed by atoms with Gasteiger partial charge >= 0.3 is 0 Å². The monoisotopic (exact) mass is 402 g/mol. The third kappa shape index (κ3) is 6.63. The Hall–Kier alpha value is -3.33. The average Bonchev–Trinajstić information content (AvgIpc) is 2.78. The van der Waals surface area contributed by atoms with E-state index in [0.29, 0.717) is 5.57 Å². The molecule has 0 radical (unpaired) electrons. The van der Waals surface area contributed by atoms with Crippen molar-refractivity contribution >= 4 is 5.91 Å². The van der Waals surface area contributed by atoms with E-state index in [0.717, 1.165) is 24.4 Å². The van der Waals surface area contributed by atoms with E-state index in [9.17, 15) is 10.0 Å². The zero-order valence-electron chi connectivity index (χ0n) is 17.9. The van der Waals surface area contributed by atoms with Crippen LogP contribution in [0.25, 0.3) is 0 Å². The summed E-state index contributed by atoms with van der Waals surface area (Å²) in [5, 5.41) is 9.25. The van der Waals surface area contributed by atoms with Crippen LogP contribution in [0, 0.1) is 0 Å². The van der Waals surface area contributed by atoms with E-state index >= 15 is 0 Å². The number of hydrogen-bond acceptors (Lipinski definition) is 3. The lowest BCUT2D eigenvalue weighted by atomic mass is 9.90. The highest BCUT2D eigenvalue weighted by Gasteiger charge is 2.23. The molecule has 2 N–H and O–H groups in total. The van der Waals surface area contributed by atoms with Crippen molar-refractivity contribution in [3.05, 3.63) is 113 Å². The second kappa shape index (κ2) is 12.3. The van der Waals surface area contributed by atoms with Gasteiger partial charge in [-0.1, -0.05) is 72.8 Å². The fourth-order valence-electron chi connectivity index (χ4n) is 3.24. The highest BCUT2D eigenvalue weighted by atomic mass is 16.5. The number of allylic oxidation sites excluding steroid dienone is 4. The SMILES string of the molecule is C/C=C\C(=C=C/C=C(\C)N(CC)Cc1ccccc1)C(C(=O)NO)c1ccccc1. The molecule has 1 atom stereocenters. The second-order valence-electron chi connectivity index (χ2n) is 6.89. The molecule has 0 aliphatic rings. The fraction of sp³-hybridized carbons (Fsp3) is 0.231. The standard InChI is InChI=1S/C26H30N2O2/c1-4-13-23(25(26(29)27-30)24-17-10-7-11-18-24)19-12-14-21(3)28(5-2)20-22-15-8-6-9-16-22/h4,6-18,25,30H,5,20H2,1-3H3,(H,27,29)/b13-4-,21-14+. The van der Waals surface area contributed by atoms with Crippen LogP contribution in [0.3, 0.4) is 0 Å². The van der Waals surface area contributed by atoms with Gasteiger partial charge in [-0.05, 0) is 44.1 Å². The van der Waals surface area contributed by atoms with Gasteiger partial charge in [-0.25, -0.2) is 5.48 Å². The molecular weight excluding hydrogens is 372 g/mol. The van der Waals surface area contributed by atoms with Crippen LogP contribution in [0.2, 0.25) is 0 Å². The Morgan fingerprint density at radius 1 is 1.13 bits per heavy atom. The summed E-state index contributed by atoms with van der Waals surface area (Å²) >= 11 is 0. The lowest BCUT2D eigenvalue weighted by Crippen LogP contribution is -2.27. The first kappa shape index (κ1) is 23.0. The molecule has 4 heteroatoms. The van der Waals surface area contributed by atoms with Gasteiger partial charge in [0.25, 0.3) is 5.91 Å². The molecule has 2 rings (SSSR count). The van der Waals surface area contributed by atoms with Gasteiger partial charge in [-0.3, -0.25) is 10.0 Å². The summed E-state index contributed by atoms with van der Waals surface area (Å²) in [6.07, 6.45) is 7.53. The molecule has 0 spiro atoms. The van der Waals surface area contributed by atoms with Gasteiger partial charge in [0.2, 0.25) is 0 Å². The largest absolute Gasteiger partial charge is 0.371 e. The predicted octanol–water partition coefficient (Wildman–Crippen LogP) is 5.36. The smallest absolute Gasteiger partial charge is 0.255 e. The van der Waals surface area contributed by atoms with E-state index in [4.69, 9.17) is 0 Å². The van der Waals surface area contributed by atoms with Crippen molar-refractivity contribution in [2.24, 2.45) is 0 Å². The number of amides is 1. The third-order valence-corrected chi connectivity index (χ3v) is 4.83. The molecule has 4 nitrogen and oxygen atoms in total. The van der Waals surface area contributed by atoms with Crippen molar-refractivity contribution in [1.82, 2.24) is 10.4 Å². The molecule has 0 saturated heterocycles. The Morgan fingerprint density at radius 2 is 1.77 bits per heavy atom. The fourth-order valence-corrected chi connectivity index (χ4v) is 3.24. The van der Waals surface area contributed by atoms with Gasteiger partial charge in [0, 0.05) is 24.4 Å². The van der Waals surface area contributed by atoms with Crippen LogP contribution in [0.4, 0.5) is 0 Å². The summed E-state index contributed by atoms with van der Waals surface area (Å²) < 4.78 is 0. The van der Waals surface area contributed by atoms with Crippen LogP contribution in [-0.2, 0) is 11.3 Å². The van der Waals surface area contributed by atoms with Gasteiger partial charge in [0.1, 0.15) is 0 Å². The summed E-state index contributed by atoms with van der Waals surface area (Å²) in [4.78, 5) is 14.7. The zero-order chi connectivity index (χ0) is 21.8. The van der Waals surface area contributed by atoms with Gasteiger partial charge in [0.15, 0.2) is 0 Å². The van der Waals surface area contributed by atoms with E-state index < -0.39 is 11.8 Å². The average molecular weight is 403 g/mol. The highest BCUT2D eigenvalue weighted by molar-refractivity contribution is 5.86. The molecule has 0 bridgehead atoms. The maximum absolute atomic E-state index is 12.4. The molecular formula is C26H30N2O2. The first-order valence-electron chi connectivity index (χ1n) is 10.1. The number of rotatable bonds is 9. The van der Waals surface area contributed by atoms with E-state index in [-0.39, 0.29) is 0 Å². The lowest BCUT2D eigenvalue weighted by molar-refractivity contribution is -0.129. The molecule has 0 aliphatic carbocycles. The van der Waals surface area contributed by atoms with E-state index in [1.807, 2.05) is 79.8 Å². The van der Waals surface area contributed by atoms with Crippen LogP contribution in [0.5, 0.6) is 0 Å². The first-order chi connectivity index (χ1) is 14.6. The van der Waals surface area contributed by atoms with Gasteiger partial charge in [-0.15, -0.1) is 5.73 Å². The maximum Gasteiger partial charge on any atom is 0.255 e. The van der Waals surface area contributed by atoms with Crippen LogP contribution in [0.15, 0.2) is 102 Å². The summed E-state index contributed by atoms with van der Waals surface area (Å²) in [6, 6.07) is 19.7. The number of benzene rings is 2. The molecule has 0 saturated carbocycles. The number of hydrogen-bond donors (Lipinski definition) is 2. The van der Waals surface area contributed by atoms with Crippen molar-refractivity contribution < 1.29 is 10.0 Å². The van der Waals surface area contributed by atoms with Crippen molar-refractivity contribution in [3.63, 3.8) is 0 Å². The van der Waals surface area contributed by atoms with Crippen LogP contribution in [-0.4, -0.2) is 22.6 Å². The maximum atomic E-state index is 12.4. The predicted molar refractivity (Wildman–Crippen MR) is 122 cm³/mol. The molecule has 1 unspecified atom stereocenters. The summed E-state index contributed by atoms with van der Waals surface area (Å²) in [5.41, 5.74) is 8.85. The Bertz CT molecular complexity index is 924. The number of carbonyl (C=O) groups excluding carboxylic acids is 1. The zero-order valence-corrected chi connectivity index (χ0v) is 17.9. The molecule has 0 aliphatic heterocycles. The number of hydroxylamine groups is 1. The van der Waals surface area contributed by atoms with Crippen molar-refractivity contribution in [3.8, 4) is 0 Å². The number of carbonyl (C=O) groups is 1. The van der Waals surface area contributed by atoms with Crippen LogP contribution >= 0.6 is 0 Å². The van der Waals surface area contributed by atoms with Crippen LogP contribution < -0.4 is 5.48 Å². The molecule has 0 fully saturated rings. The lowest BCUT2D eigenvalue weighted by Gasteiger charge is -2.23. The van der Waals surface area contributed by atoms with E-state index in [1.165, 1.54) is 5.56 Å². The van der Waals surface area contributed by atoms with Gasteiger partial charge in [0.05, 0.1) is 5.92 Å². The Labute approximate surface area is 179 Å². The Morgan fingerprint density at radius 3 is 2.33 bits per heavy atom. The molecule has 2 aromatic carbocycles. The van der Waals surface area contributed by atoms with E-state index in [2.05, 4.69) is 36.6 Å². The van der Waals surface area contributed by atoms with E-state index in [1.54, 1.807) is 5.48 Å². The molecule has 156 valence electrons.